The molecule has 12 rings (SSSR count). The van der Waals surface area contributed by atoms with Crippen LogP contribution >= 0.6 is 0 Å². The highest BCUT2D eigenvalue weighted by Gasteiger charge is 2.51. The lowest BCUT2D eigenvalue weighted by Crippen LogP contribution is -2.48. The van der Waals surface area contributed by atoms with Crippen molar-refractivity contribution in [1.82, 2.24) is 4.57 Å². The highest BCUT2D eigenvalue weighted by Crippen LogP contribution is 2.61. The summed E-state index contributed by atoms with van der Waals surface area (Å²) >= 11 is 0. The summed E-state index contributed by atoms with van der Waals surface area (Å²) in [7, 11) is 0. The molecule has 0 unspecified atom stereocenters. The predicted molar refractivity (Wildman–Crippen MR) is 199 cm³/mol. The van der Waals surface area contributed by atoms with Crippen LogP contribution in [0.15, 0.2) is 138 Å². The van der Waals surface area contributed by atoms with Gasteiger partial charge in [-0.3, -0.25) is 0 Å². The van der Waals surface area contributed by atoms with Gasteiger partial charge in [-0.1, -0.05) is 103 Å². The quantitative estimate of drug-likeness (QED) is 0.192. The Morgan fingerprint density at radius 3 is 1.85 bits per heavy atom. The monoisotopic (exact) mass is 619 g/mol. The van der Waals surface area contributed by atoms with Crippen LogP contribution in [-0.4, -0.2) is 4.57 Å². The summed E-state index contributed by atoms with van der Waals surface area (Å²) in [6, 6.07) is 49.3. The lowest BCUT2D eigenvalue weighted by Gasteiger charge is -2.57. The molecule has 0 atom stereocenters. The molecule has 2 nitrogen and oxygen atoms in total. The fraction of sp³-hybridized carbons (Fsp3) is 0.217. The standard InChI is InChI=1S/C46H37NO/c1-2-11-34(38-15-9-16-39-37-14-5-8-19-44(37)48-45(38)39)33(10-1)35-12-3-6-17-41(35)47-42-18-7-4-13-36(42)40-25-32(20-21-43(40)47)46-26-29-22-30(27-46)24-31(23-29)28-46/h1-21,25,29-31H,22-24,26-28H2. The van der Waals surface area contributed by atoms with Gasteiger partial charge in [0.1, 0.15) is 11.2 Å². The number of para-hydroxylation sites is 4. The Morgan fingerprint density at radius 1 is 0.479 bits per heavy atom. The second kappa shape index (κ2) is 9.97. The van der Waals surface area contributed by atoms with Gasteiger partial charge in [0.15, 0.2) is 0 Å². The van der Waals surface area contributed by atoms with E-state index in [2.05, 4.69) is 132 Å². The average Bonchev–Trinajstić information content (AvgIpc) is 3.67. The molecule has 0 N–H and O–H groups in total. The first-order valence-electron chi connectivity index (χ1n) is 17.9. The first-order valence-corrected chi connectivity index (χ1v) is 17.9. The van der Waals surface area contributed by atoms with Crippen molar-refractivity contribution in [3.8, 4) is 27.9 Å². The largest absolute Gasteiger partial charge is 0.455 e. The Hall–Kier alpha value is -5.08. The van der Waals surface area contributed by atoms with E-state index in [0.29, 0.717) is 5.41 Å². The van der Waals surface area contributed by atoms with Crippen LogP contribution in [-0.2, 0) is 5.41 Å². The molecule has 0 spiro atoms. The van der Waals surface area contributed by atoms with Gasteiger partial charge in [0.2, 0.25) is 0 Å². The Balaban J connectivity index is 1.11. The van der Waals surface area contributed by atoms with E-state index in [9.17, 15) is 0 Å². The van der Waals surface area contributed by atoms with E-state index in [-0.39, 0.29) is 0 Å². The first-order chi connectivity index (χ1) is 23.7. The molecule has 2 heteroatoms. The minimum absolute atomic E-state index is 0.376. The molecule has 4 aliphatic rings. The Morgan fingerprint density at radius 2 is 1.06 bits per heavy atom. The normalized spacial score (nSPS) is 23.2. The third kappa shape index (κ3) is 3.80. The van der Waals surface area contributed by atoms with Gasteiger partial charge in [0.05, 0.1) is 16.7 Å². The topological polar surface area (TPSA) is 18.1 Å². The maximum Gasteiger partial charge on any atom is 0.143 e. The van der Waals surface area contributed by atoms with Gasteiger partial charge >= 0.3 is 0 Å². The predicted octanol–water partition coefficient (Wildman–Crippen LogP) is 12.5. The van der Waals surface area contributed by atoms with Crippen molar-refractivity contribution in [2.24, 2.45) is 17.8 Å². The van der Waals surface area contributed by atoms with Crippen molar-refractivity contribution in [3.05, 3.63) is 139 Å². The molecule has 0 amide bonds. The van der Waals surface area contributed by atoms with E-state index >= 15 is 0 Å². The Kier molecular flexibility index (Phi) is 5.59. The minimum Gasteiger partial charge on any atom is -0.455 e. The van der Waals surface area contributed by atoms with E-state index in [0.717, 1.165) is 45.3 Å². The molecule has 232 valence electrons. The molecule has 0 aliphatic heterocycles. The summed E-state index contributed by atoms with van der Waals surface area (Å²) in [5.41, 5.74) is 12.3. The zero-order chi connectivity index (χ0) is 31.4. The highest BCUT2D eigenvalue weighted by molar-refractivity contribution is 6.12. The van der Waals surface area contributed by atoms with Crippen LogP contribution in [0.1, 0.15) is 44.1 Å². The molecule has 4 bridgehead atoms. The van der Waals surface area contributed by atoms with Crippen LogP contribution in [0.4, 0.5) is 0 Å². The number of hydrogen-bond acceptors (Lipinski definition) is 1. The van der Waals surface area contributed by atoms with Crippen molar-refractivity contribution in [2.75, 3.05) is 0 Å². The molecule has 4 saturated carbocycles. The van der Waals surface area contributed by atoms with Crippen molar-refractivity contribution in [2.45, 2.75) is 43.9 Å². The van der Waals surface area contributed by atoms with E-state index in [1.54, 1.807) is 5.56 Å². The van der Waals surface area contributed by atoms with Crippen LogP contribution in [0.5, 0.6) is 0 Å². The molecule has 0 saturated heterocycles. The average molecular weight is 620 g/mol. The second-order valence-corrected chi connectivity index (χ2v) is 15.1. The SMILES string of the molecule is c1ccc(-c2cccc3c2oc2ccccc23)c(-c2ccccc2-n2c3ccccc3c3cc(C45CC6CC(CC(C6)C4)C5)ccc32)c1. The first kappa shape index (κ1) is 26.9. The molecule has 2 aromatic heterocycles. The molecule has 4 aliphatic carbocycles. The van der Waals surface area contributed by atoms with Gasteiger partial charge in [0, 0.05) is 32.7 Å². The van der Waals surface area contributed by atoms with Gasteiger partial charge < -0.3 is 8.98 Å². The van der Waals surface area contributed by atoms with E-state index in [4.69, 9.17) is 4.42 Å². The fourth-order valence-electron chi connectivity index (χ4n) is 10.8. The van der Waals surface area contributed by atoms with E-state index in [1.807, 2.05) is 6.07 Å². The summed E-state index contributed by atoms with van der Waals surface area (Å²) in [5.74, 6) is 2.81. The van der Waals surface area contributed by atoms with Gasteiger partial charge in [0.25, 0.3) is 0 Å². The van der Waals surface area contributed by atoms with Crippen LogP contribution in [0.25, 0.3) is 71.7 Å². The number of fused-ring (bicyclic) bond motifs is 6. The van der Waals surface area contributed by atoms with Crippen LogP contribution in [0.2, 0.25) is 0 Å². The van der Waals surface area contributed by atoms with E-state index in [1.165, 1.54) is 82.7 Å². The Labute approximate surface area is 280 Å². The van der Waals surface area contributed by atoms with Gasteiger partial charge in [-0.25, -0.2) is 0 Å². The maximum absolute atomic E-state index is 6.54. The summed E-state index contributed by atoms with van der Waals surface area (Å²) in [6.07, 6.45) is 8.60. The van der Waals surface area contributed by atoms with Crippen LogP contribution in [0, 0.1) is 17.8 Å². The van der Waals surface area contributed by atoms with E-state index < -0.39 is 0 Å². The summed E-state index contributed by atoms with van der Waals surface area (Å²) in [6.45, 7) is 0. The highest BCUT2D eigenvalue weighted by atomic mass is 16.3. The van der Waals surface area contributed by atoms with Gasteiger partial charge in [-0.15, -0.1) is 0 Å². The molecule has 8 aromatic rings. The molecular formula is C46H37NO. The summed E-state index contributed by atoms with van der Waals surface area (Å²) in [4.78, 5) is 0. The van der Waals surface area contributed by atoms with Crippen molar-refractivity contribution in [3.63, 3.8) is 0 Å². The number of aromatic nitrogens is 1. The summed E-state index contributed by atoms with van der Waals surface area (Å²) in [5, 5.41) is 5.04. The molecule has 6 aromatic carbocycles. The summed E-state index contributed by atoms with van der Waals surface area (Å²) < 4.78 is 9.06. The number of furan rings is 1. The Bertz CT molecular complexity index is 2530. The van der Waals surface area contributed by atoms with Gasteiger partial charge in [-0.2, -0.15) is 0 Å². The molecule has 0 radical (unpaired) electrons. The van der Waals surface area contributed by atoms with Crippen molar-refractivity contribution >= 4 is 43.7 Å². The third-order valence-corrected chi connectivity index (χ3v) is 12.4. The van der Waals surface area contributed by atoms with Crippen molar-refractivity contribution < 1.29 is 4.42 Å². The zero-order valence-corrected chi connectivity index (χ0v) is 27.0. The van der Waals surface area contributed by atoms with Gasteiger partial charge in [-0.05, 0) is 109 Å². The lowest BCUT2D eigenvalue weighted by molar-refractivity contribution is -0.00512. The molecule has 4 fully saturated rings. The van der Waals surface area contributed by atoms with Crippen molar-refractivity contribution in [1.29, 1.82) is 0 Å². The maximum atomic E-state index is 6.54. The molecule has 48 heavy (non-hydrogen) atoms. The fourth-order valence-corrected chi connectivity index (χ4v) is 10.8. The number of rotatable bonds is 4. The number of hydrogen-bond donors (Lipinski definition) is 0. The minimum atomic E-state index is 0.376. The molecular weight excluding hydrogens is 583 g/mol. The molecule has 2 heterocycles. The lowest BCUT2D eigenvalue weighted by atomic mass is 9.48. The number of nitrogens with zero attached hydrogens (tertiary/aromatic N) is 1. The number of benzene rings is 6. The van der Waals surface area contributed by atoms with Crippen LogP contribution in [0.3, 0.4) is 0 Å². The smallest absolute Gasteiger partial charge is 0.143 e. The van der Waals surface area contributed by atoms with Crippen LogP contribution < -0.4 is 0 Å². The third-order valence-electron chi connectivity index (χ3n) is 12.4. The second-order valence-electron chi connectivity index (χ2n) is 15.1. The zero-order valence-electron chi connectivity index (χ0n) is 27.0.